The Balaban J connectivity index is 2.13. The quantitative estimate of drug-likeness (QED) is 0.754. The van der Waals surface area contributed by atoms with Gasteiger partial charge in [0.2, 0.25) is 0 Å². The minimum absolute atomic E-state index is 0.107. The van der Waals surface area contributed by atoms with Gasteiger partial charge in [-0.05, 0) is 34.1 Å². The van der Waals surface area contributed by atoms with Gasteiger partial charge in [0.05, 0.1) is 16.3 Å². The number of hydrogen-bond acceptors (Lipinski definition) is 3. The number of halogens is 5. The molecule has 0 aliphatic heterocycles. The van der Waals surface area contributed by atoms with E-state index in [0.717, 1.165) is 16.7 Å². The molecule has 1 aromatic heterocycles. The van der Waals surface area contributed by atoms with E-state index in [9.17, 15) is 13.2 Å². The third-order valence-corrected chi connectivity index (χ3v) is 3.34. The van der Waals surface area contributed by atoms with Gasteiger partial charge in [0.1, 0.15) is 0 Å². The Labute approximate surface area is 126 Å². The van der Waals surface area contributed by atoms with Gasteiger partial charge in [0.15, 0.2) is 5.82 Å². The highest BCUT2D eigenvalue weighted by Gasteiger charge is 2.31. The number of alkyl halides is 3. The van der Waals surface area contributed by atoms with Crippen molar-refractivity contribution in [3.8, 4) is 0 Å². The molecule has 3 nitrogen and oxygen atoms in total. The largest absolute Gasteiger partial charge is 0.417 e. The molecule has 0 saturated carbocycles. The monoisotopic (exact) mass is 365 g/mol. The minimum atomic E-state index is -4.47. The number of hydrazine groups is 1. The normalized spacial score (nSPS) is 11.2. The number of benzene rings is 1. The molecule has 0 amide bonds. The molecule has 1 aromatic carbocycles. The van der Waals surface area contributed by atoms with E-state index in [0.29, 0.717) is 5.69 Å². The van der Waals surface area contributed by atoms with Gasteiger partial charge in [-0.15, -0.1) is 0 Å². The van der Waals surface area contributed by atoms with Crippen LogP contribution in [-0.4, -0.2) is 4.98 Å². The van der Waals surface area contributed by atoms with Crippen molar-refractivity contribution in [1.29, 1.82) is 0 Å². The Morgan fingerprint density at radius 2 is 1.85 bits per heavy atom. The summed E-state index contributed by atoms with van der Waals surface area (Å²) in [5.41, 5.74) is 5.27. The van der Waals surface area contributed by atoms with Gasteiger partial charge in [-0.3, -0.25) is 10.9 Å². The maximum atomic E-state index is 12.5. The van der Waals surface area contributed by atoms with Crippen LogP contribution in [0.5, 0.6) is 0 Å². The van der Waals surface area contributed by atoms with Crippen LogP contribution in [0, 0.1) is 0 Å². The van der Waals surface area contributed by atoms with E-state index in [2.05, 4.69) is 31.8 Å². The van der Waals surface area contributed by atoms with Crippen molar-refractivity contribution in [3.05, 3.63) is 51.6 Å². The number of anilines is 2. The van der Waals surface area contributed by atoms with E-state index in [1.165, 1.54) is 0 Å². The molecule has 0 radical (unpaired) electrons. The molecule has 106 valence electrons. The number of rotatable bonds is 3. The fourth-order valence-corrected chi connectivity index (χ4v) is 1.97. The van der Waals surface area contributed by atoms with Crippen LogP contribution in [0.25, 0.3) is 0 Å². The molecular formula is C12H8BrClF3N3. The zero-order valence-electron chi connectivity index (χ0n) is 9.80. The van der Waals surface area contributed by atoms with Gasteiger partial charge in [0, 0.05) is 10.7 Å². The van der Waals surface area contributed by atoms with Crippen LogP contribution in [0.1, 0.15) is 5.56 Å². The van der Waals surface area contributed by atoms with E-state index in [1.54, 1.807) is 12.1 Å². The van der Waals surface area contributed by atoms with E-state index in [1.807, 2.05) is 12.1 Å². The maximum Gasteiger partial charge on any atom is 0.417 e. The van der Waals surface area contributed by atoms with Gasteiger partial charge < -0.3 is 0 Å². The summed E-state index contributed by atoms with van der Waals surface area (Å²) in [6.45, 7) is 0. The highest BCUT2D eigenvalue weighted by Crippen LogP contribution is 2.32. The summed E-state index contributed by atoms with van der Waals surface area (Å²) in [5.74, 6) is 0.107. The highest BCUT2D eigenvalue weighted by atomic mass is 79.9. The fraction of sp³-hybridized carbons (Fsp3) is 0.0833. The lowest BCUT2D eigenvalue weighted by molar-refractivity contribution is -0.137. The molecule has 2 aromatic rings. The topological polar surface area (TPSA) is 37.0 Å². The molecule has 2 rings (SSSR count). The summed E-state index contributed by atoms with van der Waals surface area (Å²) in [6, 6.07) is 8.04. The lowest BCUT2D eigenvalue weighted by Crippen LogP contribution is -2.12. The molecule has 0 fully saturated rings. The van der Waals surface area contributed by atoms with Crippen molar-refractivity contribution in [2.75, 3.05) is 10.9 Å². The zero-order valence-corrected chi connectivity index (χ0v) is 12.1. The standard InChI is InChI=1S/C12H8BrClF3N3/c13-8-3-1-2-4-10(8)19-20-11-9(14)5-7(6-18-11)12(15,16)17/h1-6,19H,(H,18,20). The van der Waals surface area contributed by atoms with E-state index >= 15 is 0 Å². The predicted molar refractivity (Wildman–Crippen MR) is 75.6 cm³/mol. The van der Waals surface area contributed by atoms with E-state index in [-0.39, 0.29) is 10.8 Å². The number of nitrogens with one attached hydrogen (secondary N) is 2. The van der Waals surface area contributed by atoms with Gasteiger partial charge >= 0.3 is 6.18 Å². The van der Waals surface area contributed by atoms with Crippen LogP contribution in [0.3, 0.4) is 0 Å². The first-order chi connectivity index (χ1) is 9.38. The third-order valence-electron chi connectivity index (χ3n) is 2.36. The number of hydrogen-bond donors (Lipinski definition) is 2. The van der Waals surface area contributed by atoms with Crippen LogP contribution >= 0.6 is 27.5 Å². The molecule has 0 atom stereocenters. The molecule has 0 spiro atoms. The zero-order chi connectivity index (χ0) is 14.8. The molecule has 0 aliphatic carbocycles. The van der Waals surface area contributed by atoms with Gasteiger partial charge in [-0.1, -0.05) is 23.7 Å². The predicted octanol–water partition coefficient (Wildman–Crippen LogP) is 4.96. The van der Waals surface area contributed by atoms with Crippen molar-refractivity contribution in [2.45, 2.75) is 6.18 Å². The molecule has 2 N–H and O–H groups in total. The first kappa shape index (κ1) is 14.9. The maximum absolute atomic E-state index is 12.5. The fourth-order valence-electron chi connectivity index (χ4n) is 1.37. The smallest absolute Gasteiger partial charge is 0.298 e. The summed E-state index contributed by atoms with van der Waals surface area (Å²) in [7, 11) is 0. The average Bonchev–Trinajstić information content (AvgIpc) is 2.38. The number of para-hydroxylation sites is 1. The second-order valence-electron chi connectivity index (χ2n) is 3.78. The van der Waals surface area contributed by atoms with Crippen molar-refractivity contribution in [2.24, 2.45) is 0 Å². The summed E-state index contributed by atoms with van der Waals surface area (Å²) in [4.78, 5) is 3.65. The van der Waals surface area contributed by atoms with E-state index in [4.69, 9.17) is 11.6 Å². The average molecular weight is 367 g/mol. The van der Waals surface area contributed by atoms with Crippen molar-refractivity contribution in [1.82, 2.24) is 4.98 Å². The Morgan fingerprint density at radius 1 is 1.15 bits per heavy atom. The van der Waals surface area contributed by atoms with Gasteiger partial charge in [-0.2, -0.15) is 13.2 Å². The Kier molecular flexibility index (Phi) is 4.39. The molecular weight excluding hydrogens is 359 g/mol. The van der Waals surface area contributed by atoms with Crippen LogP contribution < -0.4 is 10.9 Å². The first-order valence-electron chi connectivity index (χ1n) is 5.37. The number of aromatic nitrogens is 1. The number of pyridine rings is 1. The molecule has 20 heavy (non-hydrogen) atoms. The molecule has 1 heterocycles. The molecule has 0 aliphatic rings. The Morgan fingerprint density at radius 3 is 2.45 bits per heavy atom. The summed E-state index contributed by atoms with van der Waals surface area (Å²) < 4.78 is 38.2. The molecule has 8 heteroatoms. The highest BCUT2D eigenvalue weighted by molar-refractivity contribution is 9.10. The molecule has 0 saturated heterocycles. The lowest BCUT2D eigenvalue weighted by Gasteiger charge is -2.13. The first-order valence-corrected chi connectivity index (χ1v) is 6.54. The Hall–Kier alpha value is -1.47. The second kappa shape index (κ2) is 5.88. The van der Waals surface area contributed by atoms with Crippen LogP contribution in [0.2, 0.25) is 5.02 Å². The van der Waals surface area contributed by atoms with Crippen molar-refractivity contribution in [3.63, 3.8) is 0 Å². The van der Waals surface area contributed by atoms with Crippen LogP contribution in [-0.2, 0) is 6.18 Å². The van der Waals surface area contributed by atoms with Crippen molar-refractivity contribution >= 4 is 39.0 Å². The Bertz CT molecular complexity index is 619. The van der Waals surface area contributed by atoms with Crippen LogP contribution in [0.4, 0.5) is 24.7 Å². The third kappa shape index (κ3) is 3.55. The lowest BCUT2D eigenvalue weighted by atomic mass is 10.3. The molecule has 0 bridgehead atoms. The number of nitrogens with zero attached hydrogens (tertiary/aromatic N) is 1. The SMILES string of the molecule is FC(F)(F)c1cnc(NNc2ccccc2Br)c(Cl)c1. The summed E-state index contributed by atoms with van der Waals surface area (Å²) in [6.07, 6.45) is -3.75. The van der Waals surface area contributed by atoms with E-state index < -0.39 is 11.7 Å². The summed E-state index contributed by atoms with van der Waals surface area (Å²) in [5, 5.41) is -0.126. The summed E-state index contributed by atoms with van der Waals surface area (Å²) >= 11 is 9.09. The molecule has 0 unspecified atom stereocenters. The van der Waals surface area contributed by atoms with Crippen LogP contribution in [0.15, 0.2) is 41.0 Å². The van der Waals surface area contributed by atoms with Crippen molar-refractivity contribution < 1.29 is 13.2 Å². The van der Waals surface area contributed by atoms with Gasteiger partial charge in [-0.25, -0.2) is 4.98 Å². The minimum Gasteiger partial charge on any atom is -0.298 e. The second-order valence-corrected chi connectivity index (χ2v) is 5.04. The van der Waals surface area contributed by atoms with Gasteiger partial charge in [0.25, 0.3) is 0 Å².